The Hall–Kier alpha value is -3.19. The Labute approximate surface area is 171 Å². The third-order valence-electron chi connectivity index (χ3n) is 4.76. The zero-order valence-electron chi connectivity index (χ0n) is 15.6. The van der Waals surface area contributed by atoms with Crippen LogP contribution in [0.2, 0.25) is 0 Å². The summed E-state index contributed by atoms with van der Waals surface area (Å²) < 4.78 is 18.4. The van der Waals surface area contributed by atoms with Gasteiger partial charge in [0.25, 0.3) is 5.91 Å². The Morgan fingerprint density at radius 3 is 2.72 bits per heavy atom. The second kappa shape index (κ2) is 8.45. The zero-order chi connectivity index (χ0) is 20.2. The number of fused-ring (bicyclic) bond motifs is 1. The molecule has 0 unspecified atom stereocenters. The van der Waals surface area contributed by atoms with E-state index in [9.17, 15) is 14.0 Å². The van der Waals surface area contributed by atoms with Crippen LogP contribution in [0, 0.1) is 5.82 Å². The number of anilines is 2. The van der Waals surface area contributed by atoms with Gasteiger partial charge in [-0.3, -0.25) is 4.79 Å². The van der Waals surface area contributed by atoms with Crippen molar-refractivity contribution in [2.45, 2.75) is 13.0 Å². The molecule has 0 saturated carbocycles. The minimum absolute atomic E-state index is 0.209. The van der Waals surface area contributed by atoms with Crippen molar-refractivity contribution >= 4 is 34.6 Å². The molecule has 1 aliphatic heterocycles. The van der Waals surface area contributed by atoms with Gasteiger partial charge >= 0.3 is 5.97 Å². The van der Waals surface area contributed by atoms with E-state index in [0.717, 1.165) is 12.0 Å². The van der Waals surface area contributed by atoms with E-state index in [-0.39, 0.29) is 18.3 Å². The van der Waals surface area contributed by atoms with Gasteiger partial charge in [-0.25, -0.2) is 9.18 Å². The number of benzene rings is 2. The molecule has 0 spiro atoms. The fourth-order valence-corrected chi connectivity index (χ4v) is 4.11. The molecule has 1 aromatic heterocycles. The normalized spacial score (nSPS) is 12.9. The first-order valence-electron chi connectivity index (χ1n) is 9.22. The Morgan fingerprint density at radius 1 is 1.10 bits per heavy atom. The van der Waals surface area contributed by atoms with Gasteiger partial charge < -0.3 is 15.0 Å². The van der Waals surface area contributed by atoms with E-state index in [4.69, 9.17) is 4.74 Å². The molecule has 2 aromatic carbocycles. The van der Waals surface area contributed by atoms with E-state index >= 15 is 0 Å². The number of ether oxygens (including phenoxy) is 1. The number of hydrogen-bond acceptors (Lipinski definition) is 5. The van der Waals surface area contributed by atoms with Gasteiger partial charge in [-0.2, -0.15) is 0 Å². The number of hydrogen-bond donors (Lipinski definition) is 1. The summed E-state index contributed by atoms with van der Waals surface area (Å²) in [6.45, 7) is 0.883. The number of carbonyl (C=O) groups excluding carboxylic acids is 2. The largest absolute Gasteiger partial charge is 0.452 e. The molecule has 7 heteroatoms. The molecule has 29 heavy (non-hydrogen) atoms. The van der Waals surface area contributed by atoms with Crippen LogP contribution in [0.25, 0.3) is 0 Å². The lowest BCUT2D eigenvalue weighted by atomic mass is 10.1. The molecule has 0 radical (unpaired) electrons. The molecule has 148 valence electrons. The molecule has 2 heterocycles. The van der Waals surface area contributed by atoms with Crippen LogP contribution in [-0.4, -0.2) is 29.9 Å². The molecule has 0 bridgehead atoms. The van der Waals surface area contributed by atoms with Gasteiger partial charge in [0.1, 0.15) is 5.82 Å². The van der Waals surface area contributed by atoms with Crippen molar-refractivity contribution in [2.75, 3.05) is 18.5 Å². The van der Waals surface area contributed by atoms with Crippen LogP contribution in [-0.2, 0) is 22.5 Å². The summed E-state index contributed by atoms with van der Waals surface area (Å²) in [5, 5.41) is 5.11. The van der Waals surface area contributed by atoms with Crippen LogP contribution in [0.3, 0.4) is 0 Å². The highest BCUT2D eigenvalue weighted by Crippen LogP contribution is 2.25. The predicted molar refractivity (Wildman–Crippen MR) is 110 cm³/mol. The third-order valence-corrected chi connectivity index (χ3v) is 5.78. The summed E-state index contributed by atoms with van der Waals surface area (Å²) in [6.07, 6.45) is 0.830. The SMILES string of the molecule is O=C(OCC(=O)N1CCc2sccc2C1)c1ccccc1Nc1ccc(F)cc1. The van der Waals surface area contributed by atoms with Gasteiger partial charge in [-0.15, -0.1) is 11.3 Å². The standard InChI is InChI=1S/C22H19FN2O3S/c23-16-5-7-17(8-6-16)24-19-4-2-1-3-18(19)22(27)28-14-21(26)25-11-9-20-15(13-25)10-12-29-20/h1-8,10,12,24H,9,11,13-14H2. The van der Waals surface area contributed by atoms with E-state index in [1.165, 1.54) is 17.0 Å². The van der Waals surface area contributed by atoms with Gasteiger partial charge in [0.2, 0.25) is 0 Å². The lowest BCUT2D eigenvalue weighted by Crippen LogP contribution is -2.38. The maximum atomic E-state index is 13.1. The Kier molecular flexibility index (Phi) is 5.57. The first-order chi connectivity index (χ1) is 14.1. The lowest BCUT2D eigenvalue weighted by molar-refractivity contribution is -0.135. The lowest BCUT2D eigenvalue weighted by Gasteiger charge is -2.26. The van der Waals surface area contributed by atoms with Crippen LogP contribution in [0.15, 0.2) is 60.0 Å². The van der Waals surface area contributed by atoms with Crippen molar-refractivity contribution < 1.29 is 18.7 Å². The van der Waals surface area contributed by atoms with E-state index in [0.29, 0.717) is 30.0 Å². The van der Waals surface area contributed by atoms with Crippen LogP contribution in [0.5, 0.6) is 0 Å². The summed E-state index contributed by atoms with van der Waals surface area (Å²) in [4.78, 5) is 28.1. The topological polar surface area (TPSA) is 58.6 Å². The molecule has 0 fully saturated rings. The minimum atomic E-state index is -0.586. The number of rotatable bonds is 5. The number of carbonyl (C=O) groups is 2. The second-order valence-electron chi connectivity index (χ2n) is 6.69. The first-order valence-corrected chi connectivity index (χ1v) is 10.1. The third kappa shape index (κ3) is 4.46. The van der Waals surface area contributed by atoms with E-state index in [1.807, 2.05) is 11.4 Å². The monoisotopic (exact) mass is 410 g/mol. The zero-order valence-corrected chi connectivity index (χ0v) is 16.4. The molecule has 3 aromatic rings. The van der Waals surface area contributed by atoms with E-state index in [2.05, 4.69) is 5.32 Å². The molecular weight excluding hydrogens is 391 g/mol. The van der Waals surface area contributed by atoms with Crippen molar-refractivity contribution in [1.29, 1.82) is 0 Å². The average Bonchev–Trinajstić information content (AvgIpc) is 3.21. The Balaban J connectivity index is 1.39. The smallest absolute Gasteiger partial charge is 0.340 e. The number of nitrogens with zero attached hydrogens (tertiary/aromatic N) is 1. The fraction of sp³-hybridized carbons (Fsp3) is 0.182. The maximum Gasteiger partial charge on any atom is 0.340 e. The first kappa shape index (κ1) is 19.1. The fourth-order valence-electron chi connectivity index (χ4n) is 3.22. The number of nitrogens with one attached hydrogen (secondary N) is 1. The van der Waals surface area contributed by atoms with Crippen LogP contribution < -0.4 is 5.32 Å². The van der Waals surface area contributed by atoms with Crippen LogP contribution in [0.4, 0.5) is 15.8 Å². The van der Waals surface area contributed by atoms with Crippen molar-refractivity contribution in [3.63, 3.8) is 0 Å². The molecule has 1 N–H and O–H groups in total. The molecule has 0 aliphatic carbocycles. The summed E-state index contributed by atoms with van der Waals surface area (Å²) in [5.74, 6) is -1.13. The Morgan fingerprint density at radius 2 is 1.90 bits per heavy atom. The summed E-state index contributed by atoms with van der Waals surface area (Å²) in [7, 11) is 0. The quantitative estimate of drug-likeness (QED) is 0.635. The molecule has 0 atom stereocenters. The predicted octanol–water partition coefficient (Wildman–Crippen LogP) is 4.37. The highest BCUT2D eigenvalue weighted by molar-refractivity contribution is 7.10. The van der Waals surface area contributed by atoms with Crippen LogP contribution in [0.1, 0.15) is 20.8 Å². The number of thiophene rings is 1. The van der Waals surface area contributed by atoms with E-state index < -0.39 is 5.97 Å². The van der Waals surface area contributed by atoms with Gasteiger partial charge in [0, 0.05) is 23.7 Å². The van der Waals surface area contributed by atoms with Crippen LogP contribution >= 0.6 is 11.3 Å². The average molecular weight is 410 g/mol. The van der Waals surface area contributed by atoms with Gasteiger partial charge in [-0.1, -0.05) is 12.1 Å². The number of esters is 1. The Bertz CT molecular complexity index is 1030. The van der Waals surface area contributed by atoms with Crippen molar-refractivity contribution in [3.05, 3.63) is 81.8 Å². The van der Waals surface area contributed by atoms with Gasteiger partial charge in [0.05, 0.1) is 11.3 Å². The minimum Gasteiger partial charge on any atom is -0.452 e. The number of amides is 1. The second-order valence-corrected chi connectivity index (χ2v) is 7.69. The van der Waals surface area contributed by atoms with E-state index in [1.54, 1.807) is 52.6 Å². The molecule has 4 rings (SSSR count). The molecule has 1 aliphatic rings. The van der Waals surface area contributed by atoms with Crippen molar-refractivity contribution in [3.8, 4) is 0 Å². The highest BCUT2D eigenvalue weighted by atomic mass is 32.1. The number of para-hydroxylation sites is 1. The molecule has 5 nitrogen and oxygen atoms in total. The van der Waals surface area contributed by atoms with Gasteiger partial charge in [-0.05, 0) is 59.8 Å². The van der Waals surface area contributed by atoms with Gasteiger partial charge in [0.15, 0.2) is 6.61 Å². The number of halogens is 1. The summed E-state index contributed by atoms with van der Waals surface area (Å²) in [5.41, 5.74) is 2.64. The highest BCUT2D eigenvalue weighted by Gasteiger charge is 2.23. The van der Waals surface area contributed by atoms with Crippen molar-refractivity contribution in [1.82, 2.24) is 4.90 Å². The summed E-state index contributed by atoms with van der Waals surface area (Å²) >= 11 is 1.71. The van der Waals surface area contributed by atoms with Crippen molar-refractivity contribution in [2.24, 2.45) is 0 Å². The molecule has 0 saturated heterocycles. The molecule has 1 amide bonds. The maximum absolute atomic E-state index is 13.1. The molecular formula is C22H19FN2O3S. The summed E-state index contributed by atoms with van der Waals surface area (Å²) in [6, 6.07) is 14.7.